The van der Waals surface area contributed by atoms with Gasteiger partial charge >= 0.3 is 0 Å². The van der Waals surface area contributed by atoms with Gasteiger partial charge in [-0.25, -0.2) is 0 Å². The summed E-state index contributed by atoms with van der Waals surface area (Å²) in [5.41, 5.74) is 1.46. The van der Waals surface area contributed by atoms with E-state index >= 15 is 0 Å². The lowest BCUT2D eigenvalue weighted by molar-refractivity contribution is -0.120. The van der Waals surface area contributed by atoms with Gasteiger partial charge in [0, 0.05) is 17.4 Å². The predicted molar refractivity (Wildman–Crippen MR) is 87.0 cm³/mol. The van der Waals surface area contributed by atoms with E-state index < -0.39 is 0 Å². The minimum Gasteiger partial charge on any atom is -0.320 e. The maximum Gasteiger partial charge on any atom is 0.225 e. The summed E-state index contributed by atoms with van der Waals surface area (Å²) in [6.45, 7) is 2.12. The Hall–Kier alpha value is -1.44. The molecule has 5 heteroatoms. The highest BCUT2D eigenvalue weighted by atomic mass is 35.5. The second-order valence-corrected chi connectivity index (χ2v) is 6.40. The van der Waals surface area contributed by atoms with Crippen molar-refractivity contribution in [3.8, 4) is 6.07 Å². The number of thioether (sulfide) groups is 1. The highest BCUT2D eigenvalue weighted by Crippen LogP contribution is 2.38. The van der Waals surface area contributed by atoms with Crippen LogP contribution in [-0.4, -0.2) is 11.7 Å². The molecule has 1 aromatic rings. The maximum absolute atomic E-state index is 12.0. The molecule has 1 heterocycles. The Labute approximate surface area is 134 Å². The first-order valence-electron chi connectivity index (χ1n) is 6.98. The fourth-order valence-electron chi connectivity index (χ4n) is 2.27. The number of rotatable bonds is 5. The lowest BCUT2D eigenvalue weighted by Gasteiger charge is -2.25. The average Bonchev–Trinajstić information content (AvgIpc) is 2.47. The molecule has 0 fully saturated rings. The molecule has 1 amide bonds. The van der Waals surface area contributed by atoms with Crippen molar-refractivity contribution in [2.75, 3.05) is 5.75 Å². The van der Waals surface area contributed by atoms with E-state index in [9.17, 15) is 10.1 Å². The van der Waals surface area contributed by atoms with Crippen molar-refractivity contribution in [1.82, 2.24) is 5.32 Å². The first kappa shape index (κ1) is 15.9. The van der Waals surface area contributed by atoms with Crippen molar-refractivity contribution in [1.29, 1.82) is 5.26 Å². The van der Waals surface area contributed by atoms with Gasteiger partial charge in [0.25, 0.3) is 0 Å². The molecule has 3 nitrogen and oxygen atoms in total. The summed E-state index contributed by atoms with van der Waals surface area (Å²) in [6, 6.07) is 9.67. The number of amides is 1. The fourth-order valence-corrected chi connectivity index (χ4v) is 3.71. The van der Waals surface area contributed by atoms with Crippen molar-refractivity contribution in [2.24, 2.45) is 0 Å². The first-order valence-corrected chi connectivity index (χ1v) is 8.35. The second-order valence-electron chi connectivity index (χ2n) is 4.88. The average molecular weight is 321 g/mol. The zero-order chi connectivity index (χ0) is 15.2. The fraction of sp³-hybridized carbons (Fsp3) is 0.375. The molecule has 0 aromatic heterocycles. The van der Waals surface area contributed by atoms with Gasteiger partial charge in [0.05, 0.1) is 16.7 Å². The molecule has 0 radical (unpaired) electrons. The molecule has 1 N–H and O–H groups in total. The van der Waals surface area contributed by atoms with Crippen LogP contribution in [0.15, 0.2) is 34.9 Å². The number of halogens is 1. The van der Waals surface area contributed by atoms with Gasteiger partial charge in [-0.15, -0.1) is 11.8 Å². The van der Waals surface area contributed by atoms with Gasteiger partial charge in [0.1, 0.15) is 0 Å². The molecule has 110 valence electrons. The van der Waals surface area contributed by atoms with Gasteiger partial charge in [0.2, 0.25) is 5.91 Å². The van der Waals surface area contributed by atoms with Crippen LogP contribution in [0.5, 0.6) is 0 Å². The lowest BCUT2D eigenvalue weighted by atomic mass is 9.87. The second kappa shape index (κ2) is 7.53. The van der Waals surface area contributed by atoms with Crippen molar-refractivity contribution >= 4 is 29.3 Å². The molecule has 2 rings (SSSR count). The molecule has 0 spiro atoms. The minimum absolute atomic E-state index is 0.0575. The number of hydrogen-bond acceptors (Lipinski definition) is 3. The number of benzene rings is 1. The third-order valence-electron chi connectivity index (χ3n) is 3.38. The predicted octanol–water partition coefficient (Wildman–Crippen LogP) is 4.21. The standard InChI is InChI=1S/C16H17ClN2OS/c1-2-3-8-21-16-13(10-18)12(9-15(20)19-16)11-6-4-5-7-14(11)17/h4-7,12H,2-3,8-9H2,1H3,(H,19,20). The molecular formula is C16H17ClN2OS. The van der Waals surface area contributed by atoms with Gasteiger partial charge in [-0.3, -0.25) is 4.79 Å². The van der Waals surface area contributed by atoms with Crippen LogP contribution in [0.1, 0.15) is 37.7 Å². The highest BCUT2D eigenvalue weighted by Gasteiger charge is 2.30. The molecule has 0 saturated heterocycles. The topological polar surface area (TPSA) is 52.9 Å². The normalized spacial score (nSPS) is 18.3. The van der Waals surface area contributed by atoms with Crippen molar-refractivity contribution < 1.29 is 4.79 Å². The quantitative estimate of drug-likeness (QED) is 0.827. The van der Waals surface area contributed by atoms with Crippen LogP contribution < -0.4 is 5.32 Å². The van der Waals surface area contributed by atoms with Crippen LogP contribution in [0, 0.1) is 11.3 Å². The molecule has 1 unspecified atom stereocenters. The summed E-state index contributed by atoms with van der Waals surface area (Å²) in [4.78, 5) is 12.0. The lowest BCUT2D eigenvalue weighted by Crippen LogP contribution is -2.31. The highest BCUT2D eigenvalue weighted by molar-refractivity contribution is 8.03. The van der Waals surface area contributed by atoms with Gasteiger partial charge in [-0.05, 0) is 23.8 Å². The van der Waals surface area contributed by atoms with E-state index in [2.05, 4.69) is 18.3 Å². The summed E-state index contributed by atoms with van der Waals surface area (Å²) < 4.78 is 0. The van der Waals surface area contributed by atoms with Crippen LogP contribution >= 0.6 is 23.4 Å². The van der Waals surface area contributed by atoms with Gasteiger partial charge in [-0.1, -0.05) is 43.1 Å². The minimum atomic E-state index is -0.249. The summed E-state index contributed by atoms with van der Waals surface area (Å²) in [7, 11) is 0. The first-order chi connectivity index (χ1) is 10.2. The van der Waals surface area contributed by atoms with Crippen molar-refractivity contribution in [3.63, 3.8) is 0 Å². The Kier molecular flexibility index (Phi) is 5.72. The largest absolute Gasteiger partial charge is 0.320 e. The van der Waals surface area contributed by atoms with Crippen molar-refractivity contribution in [2.45, 2.75) is 32.1 Å². The van der Waals surface area contributed by atoms with Gasteiger partial charge in [0.15, 0.2) is 0 Å². The Balaban J connectivity index is 2.35. The van der Waals surface area contributed by atoms with Crippen molar-refractivity contribution in [3.05, 3.63) is 45.5 Å². The molecular weight excluding hydrogens is 304 g/mol. The number of nitrogens with zero attached hydrogens (tertiary/aromatic N) is 1. The van der Waals surface area contributed by atoms with E-state index in [1.54, 1.807) is 17.8 Å². The van der Waals surface area contributed by atoms with Crippen LogP contribution in [-0.2, 0) is 4.79 Å². The molecule has 0 aliphatic carbocycles. The summed E-state index contributed by atoms with van der Waals surface area (Å²) >= 11 is 7.78. The molecule has 1 aliphatic rings. The number of carbonyl (C=O) groups excluding carboxylic acids is 1. The van der Waals surface area contributed by atoms with Gasteiger partial charge < -0.3 is 5.32 Å². The summed E-state index contributed by atoms with van der Waals surface area (Å²) in [5.74, 6) is 0.589. The monoisotopic (exact) mass is 320 g/mol. The third-order valence-corrected chi connectivity index (χ3v) is 4.83. The van der Waals surface area contributed by atoms with E-state index in [0.717, 1.165) is 24.2 Å². The number of nitrogens with one attached hydrogen (secondary N) is 1. The third kappa shape index (κ3) is 3.81. The zero-order valence-corrected chi connectivity index (χ0v) is 13.4. The van der Waals surface area contributed by atoms with E-state index in [1.807, 2.05) is 18.2 Å². The maximum atomic E-state index is 12.0. The van der Waals surface area contributed by atoms with E-state index in [4.69, 9.17) is 11.6 Å². The summed E-state index contributed by atoms with van der Waals surface area (Å²) in [5, 5.41) is 13.6. The smallest absolute Gasteiger partial charge is 0.225 e. The van der Waals surface area contributed by atoms with Crippen LogP contribution in [0.2, 0.25) is 5.02 Å². The molecule has 0 saturated carbocycles. The Morgan fingerprint density at radius 2 is 2.24 bits per heavy atom. The molecule has 0 bridgehead atoms. The van der Waals surface area contributed by atoms with E-state index in [0.29, 0.717) is 15.6 Å². The molecule has 1 atom stereocenters. The number of unbranched alkanes of at least 4 members (excludes halogenated alkanes) is 1. The number of allylic oxidation sites excluding steroid dienone is 1. The van der Waals surface area contributed by atoms with E-state index in [-0.39, 0.29) is 18.2 Å². The van der Waals surface area contributed by atoms with Crippen LogP contribution in [0.3, 0.4) is 0 Å². The molecule has 1 aromatic carbocycles. The summed E-state index contributed by atoms with van der Waals surface area (Å²) in [6.07, 6.45) is 2.41. The van der Waals surface area contributed by atoms with Gasteiger partial charge in [-0.2, -0.15) is 5.26 Å². The Bertz CT molecular complexity index is 607. The van der Waals surface area contributed by atoms with Crippen LogP contribution in [0.4, 0.5) is 0 Å². The Morgan fingerprint density at radius 1 is 1.48 bits per heavy atom. The Morgan fingerprint density at radius 3 is 2.90 bits per heavy atom. The van der Waals surface area contributed by atoms with Crippen LogP contribution in [0.25, 0.3) is 0 Å². The SMILES string of the molecule is CCCCSC1=C(C#N)C(c2ccccc2Cl)CC(=O)N1. The zero-order valence-electron chi connectivity index (χ0n) is 11.9. The van der Waals surface area contributed by atoms with E-state index in [1.165, 1.54) is 0 Å². The number of nitriles is 1. The molecule has 21 heavy (non-hydrogen) atoms. The molecule has 1 aliphatic heterocycles. The number of carbonyl (C=O) groups is 1. The number of hydrogen-bond donors (Lipinski definition) is 1.